The lowest BCUT2D eigenvalue weighted by molar-refractivity contribution is 0.0934. The van der Waals surface area contributed by atoms with Crippen molar-refractivity contribution in [1.82, 2.24) is 15.5 Å². The third-order valence-corrected chi connectivity index (χ3v) is 5.53. The molecule has 0 aliphatic rings. The van der Waals surface area contributed by atoms with Crippen LogP contribution < -0.4 is 10.6 Å². The fraction of sp³-hybridized carbons (Fsp3) is 0.0870. The number of hydrogen-bond acceptors (Lipinski definition) is 4. The zero-order valence-corrected chi connectivity index (χ0v) is 17.1. The Kier molecular flexibility index (Phi) is 5.72. The molecule has 4 aromatic rings. The van der Waals surface area contributed by atoms with Crippen LogP contribution in [0.25, 0.3) is 10.6 Å². The maximum Gasteiger partial charge on any atom is 0.272 e. The number of aromatic nitrogens is 2. The highest BCUT2D eigenvalue weighted by Gasteiger charge is 2.16. The Morgan fingerprint density at radius 1 is 0.967 bits per heavy atom. The fourth-order valence-corrected chi connectivity index (χ4v) is 3.72. The molecule has 7 heteroatoms. The Bertz CT molecular complexity index is 1150. The predicted molar refractivity (Wildman–Crippen MR) is 119 cm³/mol. The van der Waals surface area contributed by atoms with Gasteiger partial charge in [0.15, 0.2) is 5.69 Å². The number of carbonyl (C=O) groups is 2. The Morgan fingerprint density at radius 3 is 2.57 bits per heavy atom. The van der Waals surface area contributed by atoms with E-state index >= 15 is 0 Å². The van der Waals surface area contributed by atoms with Crippen LogP contribution in [0.5, 0.6) is 0 Å². The standard InChI is InChI=1S/C23H20N4O2S/c1-15(24-23(29)20-14-19(26-27-20)21-11-6-12-30-21)17-9-5-10-18(13-17)25-22(28)16-7-3-2-4-8-16/h2-15H,1H3,(H,24,29)(H,25,28)(H,26,27). The quantitative estimate of drug-likeness (QED) is 0.419. The van der Waals surface area contributed by atoms with Crippen LogP contribution >= 0.6 is 11.3 Å². The van der Waals surface area contributed by atoms with Crippen molar-refractivity contribution in [1.29, 1.82) is 0 Å². The molecule has 30 heavy (non-hydrogen) atoms. The van der Waals surface area contributed by atoms with Crippen molar-refractivity contribution in [3.63, 3.8) is 0 Å². The van der Waals surface area contributed by atoms with Crippen LogP contribution in [0.1, 0.15) is 39.4 Å². The van der Waals surface area contributed by atoms with E-state index in [1.807, 2.05) is 66.9 Å². The van der Waals surface area contributed by atoms with Crippen molar-refractivity contribution in [2.24, 2.45) is 0 Å². The maximum absolute atomic E-state index is 12.6. The Labute approximate surface area is 178 Å². The van der Waals surface area contributed by atoms with Crippen LogP contribution in [0.15, 0.2) is 78.2 Å². The molecule has 3 N–H and O–H groups in total. The third-order valence-electron chi connectivity index (χ3n) is 4.63. The van der Waals surface area contributed by atoms with Crippen molar-refractivity contribution < 1.29 is 9.59 Å². The number of carbonyl (C=O) groups excluding carboxylic acids is 2. The monoisotopic (exact) mass is 416 g/mol. The number of benzene rings is 2. The van der Waals surface area contributed by atoms with Crippen LogP contribution in [0.3, 0.4) is 0 Å². The molecule has 0 aliphatic carbocycles. The minimum absolute atomic E-state index is 0.179. The number of amides is 2. The van der Waals surface area contributed by atoms with Gasteiger partial charge in [0.1, 0.15) is 0 Å². The second-order valence-electron chi connectivity index (χ2n) is 6.78. The van der Waals surface area contributed by atoms with Gasteiger partial charge in [-0.05, 0) is 54.3 Å². The molecular formula is C23H20N4O2S. The molecule has 0 radical (unpaired) electrons. The number of anilines is 1. The molecule has 0 saturated carbocycles. The summed E-state index contributed by atoms with van der Waals surface area (Å²) in [6, 6.07) is 21.9. The number of aromatic amines is 1. The molecule has 2 heterocycles. The summed E-state index contributed by atoms with van der Waals surface area (Å²) in [5.41, 5.74) is 3.28. The Morgan fingerprint density at radius 2 is 1.80 bits per heavy atom. The Hall–Kier alpha value is -3.71. The normalized spacial score (nSPS) is 11.6. The summed E-state index contributed by atoms with van der Waals surface area (Å²) >= 11 is 1.58. The van der Waals surface area contributed by atoms with Gasteiger partial charge >= 0.3 is 0 Å². The minimum Gasteiger partial charge on any atom is -0.344 e. The zero-order valence-electron chi connectivity index (χ0n) is 16.3. The van der Waals surface area contributed by atoms with Crippen molar-refractivity contribution in [3.8, 4) is 10.6 Å². The summed E-state index contributed by atoms with van der Waals surface area (Å²) in [5, 5.41) is 14.8. The van der Waals surface area contributed by atoms with Gasteiger partial charge in [0.05, 0.1) is 16.6 Å². The number of nitrogens with zero attached hydrogens (tertiary/aromatic N) is 1. The molecule has 2 amide bonds. The van der Waals surface area contributed by atoms with E-state index in [4.69, 9.17) is 0 Å². The largest absolute Gasteiger partial charge is 0.344 e. The topological polar surface area (TPSA) is 86.9 Å². The smallest absolute Gasteiger partial charge is 0.272 e. The van der Waals surface area contributed by atoms with Gasteiger partial charge < -0.3 is 10.6 Å². The van der Waals surface area contributed by atoms with Crippen LogP contribution in [-0.4, -0.2) is 22.0 Å². The minimum atomic E-state index is -0.264. The van der Waals surface area contributed by atoms with E-state index in [2.05, 4.69) is 20.8 Å². The highest BCUT2D eigenvalue weighted by molar-refractivity contribution is 7.13. The van der Waals surface area contributed by atoms with Gasteiger partial charge in [-0.15, -0.1) is 11.3 Å². The van der Waals surface area contributed by atoms with Crippen LogP contribution in [0, 0.1) is 0 Å². The van der Waals surface area contributed by atoms with Crippen molar-refractivity contribution in [2.45, 2.75) is 13.0 Å². The van der Waals surface area contributed by atoms with Crippen LogP contribution in [0.2, 0.25) is 0 Å². The van der Waals surface area contributed by atoms with Gasteiger partial charge in [0.2, 0.25) is 0 Å². The van der Waals surface area contributed by atoms with Gasteiger partial charge in [0, 0.05) is 11.3 Å². The molecule has 4 rings (SSSR count). The fourth-order valence-electron chi connectivity index (χ4n) is 3.03. The van der Waals surface area contributed by atoms with Gasteiger partial charge in [-0.3, -0.25) is 14.7 Å². The number of rotatable bonds is 6. The molecule has 2 aromatic heterocycles. The summed E-state index contributed by atoms with van der Waals surface area (Å²) in [5.74, 6) is -0.442. The average Bonchev–Trinajstić information content (AvgIpc) is 3.46. The van der Waals surface area contributed by atoms with E-state index in [1.54, 1.807) is 29.5 Å². The van der Waals surface area contributed by atoms with Crippen molar-refractivity contribution in [3.05, 3.63) is 95.0 Å². The van der Waals surface area contributed by atoms with Crippen LogP contribution in [0.4, 0.5) is 5.69 Å². The number of nitrogens with one attached hydrogen (secondary N) is 3. The predicted octanol–water partition coefficient (Wildman–Crippen LogP) is 4.88. The lowest BCUT2D eigenvalue weighted by atomic mass is 10.1. The molecule has 6 nitrogen and oxygen atoms in total. The van der Waals surface area contributed by atoms with Gasteiger partial charge in [-0.25, -0.2) is 0 Å². The van der Waals surface area contributed by atoms with E-state index < -0.39 is 0 Å². The first-order chi connectivity index (χ1) is 14.6. The van der Waals surface area contributed by atoms with Gasteiger partial charge in [-0.1, -0.05) is 36.4 Å². The maximum atomic E-state index is 12.6. The molecule has 150 valence electrons. The first-order valence-electron chi connectivity index (χ1n) is 9.46. The second-order valence-corrected chi connectivity index (χ2v) is 7.73. The lowest BCUT2D eigenvalue weighted by Gasteiger charge is -2.15. The summed E-state index contributed by atoms with van der Waals surface area (Å²) in [7, 11) is 0. The average molecular weight is 417 g/mol. The molecule has 0 aliphatic heterocycles. The highest BCUT2D eigenvalue weighted by atomic mass is 32.1. The summed E-state index contributed by atoms with van der Waals surface area (Å²) < 4.78 is 0. The molecule has 0 spiro atoms. The Balaban J connectivity index is 1.42. The molecular weight excluding hydrogens is 396 g/mol. The van der Waals surface area contributed by atoms with E-state index in [-0.39, 0.29) is 17.9 Å². The molecule has 0 fully saturated rings. The van der Waals surface area contributed by atoms with E-state index in [1.165, 1.54) is 0 Å². The first kappa shape index (κ1) is 19.6. The second kappa shape index (κ2) is 8.75. The zero-order chi connectivity index (χ0) is 20.9. The summed E-state index contributed by atoms with van der Waals surface area (Å²) in [4.78, 5) is 26.0. The van der Waals surface area contributed by atoms with E-state index in [0.717, 1.165) is 16.1 Å². The molecule has 1 unspecified atom stereocenters. The number of thiophene rings is 1. The number of hydrogen-bond donors (Lipinski definition) is 3. The summed E-state index contributed by atoms with van der Waals surface area (Å²) in [6.07, 6.45) is 0. The number of H-pyrrole nitrogens is 1. The molecule has 0 saturated heterocycles. The SMILES string of the molecule is CC(NC(=O)c1cc(-c2cccs2)[nH]n1)c1cccc(NC(=O)c2ccccc2)c1. The molecule has 2 aromatic carbocycles. The molecule has 0 bridgehead atoms. The van der Waals surface area contributed by atoms with E-state index in [0.29, 0.717) is 16.9 Å². The third kappa shape index (κ3) is 4.47. The van der Waals surface area contributed by atoms with Gasteiger partial charge in [-0.2, -0.15) is 5.10 Å². The van der Waals surface area contributed by atoms with Gasteiger partial charge in [0.25, 0.3) is 11.8 Å². The first-order valence-corrected chi connectivity index (χ1v) is 10.3. The molecule has 1 atom stereocenters. The van der Waals surface area contributed by atoms with E-state index in [9.17, 15) is 9.59 Å². The van der Waals surface area contributed by atoms with Crippen LogP contribution in [-0.2, 0) is 0 Å². The van der Waals surface area contributed by atoms with Crippen molar-refractivity contribution >= 4 is 28.8 Å². The lowest BCUT2D eigenvalue weighted by Crippen LogP contribution is -2.27. The van der Waals surface area contributed by atoms with Crippen molar-refractivity contribution in [2.75, 3.05) is 5.32 Å². The highest BCUT2D eigenvalue weighted by Crippen LogP contribution is 2.23. The summed E-state index contributed by atoms with van der Waals surface area (Å²) in [6.45, 7) is 1.89.